The summed E-state index contributed by atoms with van der Waals surface area (Å²) in [6, 6.07) is 2.33. The smallest absolute Gasteiger partial charge is 0.383 e. The number of aromatic nitrogens is 1. The summed E-state index contributed by atoms with van der Waals surface area (Å²) in [5, 5.41) is 0.711. The fourth-order valence-electron chi connectivity index (χ4n) is 2.34. The molecule has 2 aromatic rings. The molecule has 0 unspecified atom stereocenters. The molecular formula is C16H19F4N3O2S. The van der Waals surface area contributed by atoms with Gasteiger partial charge in [-0.15, -0.1) is 0 Å². The van der Waals surface area contributed by atoms with Crippen molar-refractivity contribution in [1.29, 1.82) is 0 Å². The van der Waals surface area contributed by atoms with Gasteiger partial charge in [0, 0.05) is 32.9 Å². The highest BCUT2D eigenvalue weighted by molar-refractivity contribution is 7.19. The van der Waals surface area contributed by atoms with Crippen molar-refractivity contribution in [3.63, 3.8) is 0 Å². The van der Waals surface area contributed by atoms with Gasteiger partial charge >= 0.3 is 6.18 Å². The summed E-state index contributed by atoms with van der Waals surface area (Å²) in [6.07, 6.45) is -4.66. The van der Waals surface area contributed by atoms with Gasteiger partial charge in [0.2, 0.25) is 0 Å². The molecule has 1 aromatic heterocycles. The number of nitrogens with zero attached hydrogens (tertiary/aromatic N) is 2. The number of hydrogen-bond donors (Lipinski definition) is 1. The Morgan fingerprint density at radius 3 is 2.27 bits per heavy atom. The van der Waals surface area contributed by atoms with E-state index in [1.807, 2.05) is 4.90 Å². The number of methoxy groups -OCH3 is 2. The number of benzene rings is 1. The average molecular weight is 393 g/mol. The number of hydrogen-bond acceptors (Lipinski definition) is 6. The number of thiazole rings is 1. The first-order valence-corrected chi connectivity index (χ1v) is 8.45. The maximum absolute atomic E-state index is 13.8. The SMILES string of the molecule is COCCN(CCOC)c1sc(N)nc1-c1cc(F)cc(C(F)(F)F)c1. The van der Waals surface area contributed by atoms with Crippen LogP contribution in [0.5, 0.6) is 0 Å². The maximum Gasteiger partial charge on any atom is 0.416 e. The van der Waals surface area contributed by atoms with Gasteiger partial charge in [-0.3, -0.25) is 0 Å². The Labute approximate surface area is 152 Å². The number of nitrogen functional groups attached to an aromatic ring is 1. The van der Waals surface area contributed by atoms with E-state index < -0.39 is 17.6 Å². The summed E-state index contributed by atoms with van der Waals surface area (Å²) in [7, 11) is 3.08. The zero-order valence-electron chi connectivity index (χ0n) is 14.3. The van der Waals surface area contributed by atoms with Gasteiger partial charge in [0.1, 0.15) is 16.5 Å². The lowest BCUT2D eigenvalue weighted by atomic mass is 10.1. The summed E-state index contributed by atoms with van der Waals surface area (Å²) >= 11 is 1.12. The van der Waals surface area contributed by atoms with Crippen molar-refractivity contribution in [3.8, 4) is 11.3 Å². The van der Waals surface area contributed by atoms with Crippen molar-refractivity contribution in [2.45, 2.75) is 6.18 Å². The van der Waals surface area contributed by atoms with Crippen LogP contribution in [-0.4, -0.2) is 45.5 Å². The van der Waals surface area contributed by atoms with Gasteiger partial charge in [-0.1, -0.05) is 11.3 Å². The molecule has 0 aliphatic rings. The molecule has 10 heteroatoms. The molecule has 26 heavy (non-hydrogen) atoms. The third kappa shape index (κ3) is 5.05. The Kier molecular flexibility index (Phi) is 6.79. The summed E-state index contributed by atoms with van der Waals surface area (Å²) in [6.45, 7) is 1.68. The van der Waals surface area contributed by atoms with E-state index in [2.05, 4.69) is 4.98 Å². The molecule has 0 bridgehead atoms. The monoisotopic (exact) mass is 393 g/mol. The van der Waals surface area contributed by atoms with Crippen molar-refractivity contribution in [1.82, 2.24) is 4.98 Å². The van der Waals surface area contributed by atoms with Crippen LogP contribution < -0.4 is 10.6 Å². The quantitative estimate of drug-likeness (QED) is 0.694. The molecule has 0 radical (unpaired) electrons. The Morgan fingerprint density at radius 2 is 1.73 bits per heavy atom. The molecule has 2 rings (SSSR count). The second kappa shape index (κ2) is 8.65. The molecule has 0 saturated carbocycles. The Bertz CT molecular complexity index is 729. The predicted octanol–water partition coefficient (Wildman–Crippen LogP) is 3.65. The largest absolute Gasteiger partial charge is 0.416 e. The molecular weight excluding hydrogens is 374 g/mol. The van der Waals surface area contributed by atoms with Crippen LogP contribution in [-0.2, 0) is 15.7 Å². The number of nitrogens with two attached hydrogens (primary N) is 1. The molecule has 0 saturated heterocycles. The van der Waals surface area contributed by atoms with Crippen molar-refractivity contribution in [2.24, 2.45) is 0 Å². The van der Waals surface area contributed by atoms with Crippen molar-refractivity contribution < 1.29 is 27.0 Å². The van der Waals surface area contributed by atoms with Crippen LogP contribution in [0.1, 0.15) is 5.56 Å². The molecule has 2 N–H and O–H groups in total. The topological polar surface area (TPSA) is 60.6 Å². The predicted molar refractivity (Wildman–Crippen MR) is 92.9 cm³/mol. The highest BCUT2D eigenvalue weighted by Gasteiger charge is 2.32. The number of alkyl halides is 3. The summed E-state index contributed by atoms with van der Waals surface area (Å²) in [5.41, 5.74) is 4.91. The molecule has 0 amide bonds. The van der Waals surface area contributed by atoms with E-state index >= 15 is 0 Å². The second-order valence-electron chi connectivity index (χ2n) is 5.40. The third-order valence-corrected chi connectivity index (χ3v) is 4.49. The van der Waals surface area contributed by atoms with Crippen LogP contribution in [0.15, 0.2) is 18.2 Å². The van der Waals surface area contributed by atoms with Crippen LogP contribution in [0, 0.1) is 5.82 Å². The lowest BCUT2D eigenvalue weighted by Crippen LogP contribution is -2.30. The number of halogens is 4. The van der Waals surface area contributed by atoms with E-state index in [9.17, 15) is 17.6 Å². The molecule has 0 spiro atoms. The zero-order valence-corrected chi connectivity index (χ0v) is 15.1. The third-order valence-electron chi connectivity index (χ3n) is 3.54. The minimum Gasteiger partial charge on any atom is -0.383 e. The van der Waals surface area contributed by atoms with Crippen molar-refractivity contribution >= 4 is 21.5 Å². The minimum atomic E-state index is -4.66. The van der Waals surface area contributed by atoms with E-state index in [0.717, 1.165) is 23.5 Å². The highest BCUT2D eigenvalue weighted by Crippen LogP contribution is 2.40. The Morgan fingerprint density at radius 1 is 1.12 bits per heavy atom. The van der Waals surface area contributed by atoms with Gasteiger partial charge in [-0.05, 0) is 18.2 Å². The average Bonchev–Trinajstić information content (AvgIpc) is 2.95. The fourth-order valence-corrected chi connectivity index (χ4v) is 3.25. The van der Waals surface area contributed by atoms with Gasteiger partial charge in [0.05, 0.1) is 18.8 Å². The van der Waals surface area contributed by atoms with E-state index in [1.54, 1.807) is 14.2 Å². The van der Waals surface area contributed by atoms with E-state index in [0.29, 0.717) is 37.4 Å². The Hall–Kier alpha value is -1.91. The van der Waals surface area contributed by atoms with Gasteiger partial charge in [0.25, 0.3) is 0 Å². The highest BCUT2D eigenvalue weighted by atomic mass is 32.1. The molecule has 1 aromatic carbocycles. The first kappa shape index (κ1) is 20.4. The molecule has 0 aliphatic carbocycles. The van der Waals surface area contributed by atoms with E-state index in [1.165, 1.54) is 0 Å². The second-order valence-corrected chi connectivity index (χ2v) is 6.41. The van der Waals surface area contributed by atoms with Crippen LogP contribution in [0.4, 0.5) is 27.7 Å². The number of rotatable bonds is 8. The summed E-state index contributed by atoms with van der Waals surface area (Å²) < 4.78 is 62.9. The van der Waals surface area contributed by atoms with E-state index in [-0.39, 0.29) is 16.4 Å². The first-order valence-electron chi connectivity index (χ1n) is 7.63. The summed E-state index contributed by atoms with van der Waals surface area (Å²) in [4.78, 5) is 5.96. The minimum absolute atomic E-state index is 0.0140. The standard InChI is InChI=1S/C16H19F4N3O2S/c1-24-5-3-23(4-6-25-2)14-13(22-15(21)26-14)10-7-11(16(18,19)20)9-12(17)8-10/h7-9H,3-6H2,1-2H3,(H2,21,22). The molecule has 0 fully saturated rings. The van der Waals surface area contributed by atoms with Crippen LogP contribution in [0.3, 0.4) is 0 Å². The fraction of sp³-hybridized carbons (Fsp3) is 0.438. The van der Waals surface area contributed by atoms with Gasteiger partial charge < -0.3 is 20.1 Å². The Balaban J connectivity index is 2.49. The van der Waals surface area contributed by atoms with Gasteiger partial charge in [0.15, 0.2) is 5.13 Å². The lowest BCUT2D eigenvalue weighted by Gasteiger charge is -2.23. The molecule has 0 aliphatic heterocycles. The molecule has 0 atom stereocenters. The van der Waals surface area contributed by atoms with Crippen molar-refractivity contribution in [3.05, 3.63) is 29.6 Å². The molecule has 1 heterocycles. The number of ether oxygens (including phenoxy) is 2. The maximum atomic E-state index is 13.8. The normalized spacial score (nSPS) is 11.8. The summed E-state index contributed by atoms with van der Waals surface area (Å²) in [5.74, 6) is -0.993. The van der Waals surface area contributed by atoms with Gasteiger partial charge in [-0.2, -0.15) is 13.2 Å². The van der Waals surface area contributed by atoms with E-state index in [4.69, 9.17) is 15.2 Å². The zero-order chi connectivity index (χ0) is 19.3. The lowest BCUT2D eigenvalue weighted by molar-refractivity contribution is -0.137. The van der Waals surface area contributed by atoms with Crippen LogP contribution in [0.25, 0.3) is 11.3 Å². The van der Waals surface area contributed by atoms with Gasteiger partial charge in [-0.25, -0.2) is 9.37 Å². The van der Waals surface area contributed by atoms with Crippen LogP contribution in [0.2, 0.25) is 0 Å². The first-order chi connectivity index (χ1) is 12.3. The molecule has 144 valence electrons. The van der Waals surface area contributed by atoms with Crippen molar-refractivity contribution in [2.75, 3.05) is 51.2 Å². The number of anilines is 2. The molecule has 5 nitrogen and oxygen atoms in total. The van der Waals surface area contributed by atoms with Crippen LogP contribution >= 0.6 is 11.3 Å².